The Labute approximate surface area is 261 Å². The summed E-state index contributed by atoms with van der Waals surface area (Å²) in [6.07, 6.45) is 14.9. The van der Waals surface area contributed by atoms with E-state index in [1.54, 1.807) is 34.6 Å². The molecule has 0 heterocycles. The maximum atomic E-state index is 10.8. The van der Waals surface area contributed by atoms with Crippen LogP contribution in [0.1, 0.15) is 159 Å². The van der Waals surface area contributed by atoms with Crippen molar-refractivity contribution < 1.29 is 70.1 Å². The van der Waals surface area contributed by atoms with Crippen LogP contribution >= 0.6 is 0 Å². The van der Waals surface area contributed by atoms with E-state index in [2.05, 4.69) is 20.8 Å². The molecule has 0 saturated carbocycles. The second kappa shape index (κ2) is 24.8. The standard InChI is InChI=1S/3C10H20O2.Sm/c2*1-4-5-6-7-8-10(2,3)9(11)12;1-4-6-8-10(3,7-5-2)9(11)12;/h3*4-8H2,1-3H3,(H,11,12);/q;;;+3/p-3. The van der Waals surface area contributed by atoms with E-state index in [9.17, 15) is 29.7 Å². The molecule has 0 aliphatic rings. The number of aliphatic carboxylic acids is 3. The molecule has 0 aromatic rings. The van der Waals surface area contributed by atoms with Gasteiger partial charge in [-0.25, -0.2) is 0 Å². The van der Waals surface area contributed by atoms with Crippen molar-refractivity contribution in [2.24, 2.45) is 16.2 Å². The number of carboxylic acids is 3. The Kier molecular flexibility index (Phi) is 29.3. The van der Waals surface area contributed by atoms with E-state index in [0.717, 1.165) is 70.6 Å². The zero-order valence-electron chi connectivity index (χ0n) is 25.5. The Bertz CT molecular complexity index is 555. The molecule has 1 radical (unpaired) electrons. The number of carboxylic acid groups (broad SMARTS) is 3. The number of hydrogen-bond donors (Lipinski definition) is 0. The van der Waals surface area contributed by atoms with Crippen molar-refractivity contribution in [1.82, 2.24) is 0 Å². The number of rotatable bonds is 18. The van der Waals surface area contributed by atoms with Crippen LogP contribution < -0.4 is 15.3 Å². The summed E-state index contributed by atoms with van der Waals surface area (Å²) in [7, 11) is 0. The van der Waals surface area contributed by atoms with Gasteiger partial charge in [0.15, 0.2) is 0 Å². The molecular formula is C30H57O6Sm. The number of hydrogen-bond acceptors (Lipinski definition) is 6. The summed E-state index contributed by atoms with van der Waals surface area (Å²) in [4.78, 5) is 32.0. The first kappa shape index (κ1) is 43.8. The summed E-state index contributed by atoms with van der Waals surface area (Å²) in [6, 6.07) is 0. The van der Waals surface area contributed by atoms with Crippen LogP contribution in [-0.4, -0.2) is 17.9 Å². The van der Waals surface area contributed by atoms with E-state index in [1.807, 2.05) is 6.92 Å². The molecular weight excluding hydrogens is 607 g/mol. The summed E-state index contributed by atoms with van der Waals surface area (Å²) < 4.78 is 0. The molecule has 37 heavy (non-hydrogen) atoms. The van der Waals surface area contributed by atoms with Gasteiger partial charge in [-0.15, -0.1) is 0 Å². The second-order valence-corrected chi connectivity index (χ2v) is 11.7. The molecule has 1 atom stereocenters. The minimum atomic E-state index is -0.931. The van der Waals surface area contributed by atoms with Crippen molar-refractivity contribution in [1.29, 1.82) is 0 Å². The van der Waals surface area contributed by atoms with Crippen molar-refractivity contribution in [3.63, 3.8) is 0 Å². The van der Waals surface area contributed by atoms with Gasteiger partial charge in [0.1, 0.15) is 0 Å². The van der Waals surface area contributed by atoms with Crippen LogP contribution in [0.15, 0.2) is 0 Å². The van der Waals surface area contributed by atoms with E-state index >= 15 is 0 Å². The average molecular weight is 664 g/mol. The third-order valence-electron chi connectivity index (χ3n) is 6.79. The van der Waals surface area contributed by atoms with E-state index in [4.69, 9.17) is 0 Å². The van der Waals surface area contributed by atoms with Gasteiger partial charge >= 0.3 is 40.4 Å². The van der Waals surface area contributed by atoms with E-state index in [-0.39, 0.29) is 40.4 Å². The van der Waals surface area contributed by atoms with Gasteiger partial charge in [-0.05, 0) is 25.7 Å². The molecule has 0 aliphatic carbocycles. The molecule has 0 fully saturated rings. The average Bonchev–Trinajstić information content (AvgIpc) is 2.79. The zero-order chi connectivity index (χ0) is 28.8. The molecule has 1 unspecified atom stereocenters. The van der Waals surface area contributed by atoms with Crippen molar-refractivity contribution in [3.05, 3.63) is 0 Å². The van der Waals surface area contributed by atoms with E-state index in [1.165, 1.54) is 25.7 Å². The van der Waals surface area contributed by atoms with Gasteiger partial charge in [-0.2, -0.15) is 0 Å². The maximum absolute atomic E-state index is 10.8. The molecule has 0 spiro atoms. The molecule has 6 nitrogen and oxygen atoms in total. The summed E-state index contributed by atoms with van der Waals surface area (Å²) >= 11 is 0. The molecule has 0 rings (SSSR count). The van der Waals surface area contributed by atoms with Gasteiger partial charge in [-0.3, -0.25) is 0 Å². The SMILES string of the molecule is CCCCC(C)(CCC)C(=O)[O-].CCCCCCC(C)(C)C(=O)[O-].CCCCCCC(C)(C)C(=O)[O-].[Sm+3]. The Balaban J connectivity index is -0.000000218. The number of unbranched alkanes of at least 4 members (excludes halogenated alkanes) is 7. The molecule has 0 bridgehead atoms. The first-order valence-electron chi connectivity index (χ1n) is 14.2. The Morgan fingerprint density at radius 3 is 1.05 bits per heavy atom. The third kappa shape index (κ3) is 24.5. The predicted molar refractivity (Wildman–Crippen MR) is 143 cm³/mol. The number of carbonyl (C=O) groups excluding carboxylic acids is 3. The molecule has 0 aromatic heterocycles. The predicted octanol–water partition coefficient (Wildman–Crippen LogP) is 5.20. The molecule has 219 valence electrons. The fraction of sp³-hybridized carbons (Fsp3) is 0.900. The first-order chi connectivity index (χ1) is 16.6. The Morgan fingerprint density at radius 1 is 0.459 bits per heavy atom. The van der Waals surface area contributed by atoms with Crippen molar-refractivity contribution >= 4 is 17.9 Å². The minimum absolute atomic E-state index is 0. The molecule has 0 aliphatic heterocycles. The van der Waals surface area contributed by atoms with Crippen LogP contribution in [0.5, 0.6) is 0 Å². The summed E-state index contributed by atoms with van der Waals surface area (Å²) in [6.45, 7) is 17.1. The molecule has 7 heteroatoms. The smallest absolute Gasteiger partial charge is 0.550 e. The normalized spacial score (nSPS) is 12.6. The monoisotopic (exact) mass is 665 g/mol. The van der Waals surface area contributed by atoms with Crippen LogP contribution in [0.25, 0.3) is 0 Å². The van der Waals surface area contributed by atoms with Crippen LogP contribution in [0.2, 0.25) is 0 Å². The Morgan fingerprint density at radius 2 is 0.811 bits per heavy atom. The maximum Gasteiger partial charge on any atom is 3.00 e. The van der Waals surface area contributed by atoms with E-state index < -0.39 is 34.2 Å². The zero-order valence-corrected chi connectivity index (χ0v) is 28.1. The van der Waals surface area contributed by atoms with Gasteiger partial charge in [0.25, 0.3) is 0 Å². The Hall–Kier alpha value is -0.252. The fourth-order valence-corrected chi connectivity index (χ4v) is 3.64. The van der Waals surface area contributed by atoms with Gasteiger partial charge in [-0.1, -0.05) is 133 Å². The van der Waals surface area contributed by atoms with Crippen LogP contribution in [0.4, 0.5) is 0 Å². The fourth-order valence-electron chi connectivity index (χ4n) is 3.64. The van der Waals surface area contributed by atoms with Crippen molar-refractivity contribution in [2.75, 3.05) is 0 Å². The van der Waals surface area contributed by atoms with Crippen LogP contribution in [0.3, 0.4) is 0 Å². The quantitative estimate of drug-likeness (QED) is 0.186. The first-order valence-corrected chi connectivity index (χ1v) is 14.2. The molecule has 0 amide bonds. The van der Waals surface area contributed by atoms with Crippen molar-refractivity contribution in [2.45, 2.75) is 159 Å². The molecule has 0 saturated heterocycles. The van der Waals surface area contributed by atoms with E-state index in [0.29, 0.717) is 0 Å². The third-order valence-corrected chi connectivity index (χ3v) is 6.79. The number of carbonyl (C=O) groups is 3. The summed E-state index contributed by atoms with van der Waals surface area (Å²) in [5.74, 6) is -2.75. The van der Waals surface area contributed by atoms with Crippen molar-refractivity contribution in [3.8, 4) is 0 Å². The summed E-state index contributed by atoms with van der Waals surface area (Å²) in [5, 5.41) is 32.0. The largest absolute Gasteiger partial charge is 3.00 e. The van der Waals surface area contributed by atoms with Crippen LogP contribution in [-0.2, 0) is 14.4 Å². The van der Waals surface area contributed by atoms with Gasteiger partial charge in [0.05, 0.1) is 0 Å². The minimum Gasteiger partial charge on any atom is -0.550 e. The van der Waals surface area contributed by atoms with Gasteiger partial charge < -0.3 is 29.7 Å². The summed E-state index contributed by atoms with van der Waals surface area (Å²) in [5.41, 5.74) is -1.88. The molecule has 0 aromatic carbocycles. The topological polar surface area (TPSA) is 120 Å². The molecule has 0 N–H and O–H groups in total. The second-order valence-electron chi connectivity index (χ2n) is 11.7. The van der Waals surface area contributed by atoms with Gasteiger partial charge in [0.2, 0.25) is 0 Å². The van der Waals surface area contributed by atoms with Crippen LogP contribution in [0, 0.1) is 56.6 Å². The van der Waals surface area contributed by atoms with Gasteiger partial charge in [0, 0.05) is 34.2 Å².